The summed E-state index contributed by atoms with van der Waals surface area (Å²) in [5.41, 5.74) is 0. The molecule has 0 spiro atoms. The zero-order valence-corrected chi connectivity index (χ0v) is 11.1. The van der Waals surface area contributed by atoms with Gasteiger partial charge < -0.3 is 0 Å². The third kappa shape index (κ3) is 12.5. The minimum absolute atomic E-state index is 0.778. The summed E-state index contributed by atoms with van der Waals surface area (Å²) in [4.78, 5) is 0.778. The van der Waals surface area contributed by atoms with E-state index in [1.165, 1.54) is 57.8 Å². The van der Waals surface area contributed by atoms with E-state index in [4.69, 9.17) is 0 Å². The van der Waals surface area contributed by atoms with E-state index in [0.29, 0.717) is 0 Å². The first-order valence-corrected chi connectivity index (χ1v) is 6.92. The number of hydrogen-bond donors (Lipinski definition) is 0. The molecule has 0 rings (SSSR count). The fraction of sp³-hybridized carbons (Fsp3) is 1.00. The van der Waals surface area contributed by atoms with Crippen molar-refractivity contribution in [1.29, 1.82) is 0 Å². The minimum atomic E-state index is 0.778. The van der Waals surface area contributed by atoms with Gasteiger partial charge in [-0.25, -0.2) is 0 Å². The van der Waals surface area contributed by atoms with Crippen LogP contribution in [-0.4, -0.2) is 16.0 Å². The first-order valence-electron chi connectivity index (χ1n) is 5.93. The molecule has 1 atom stereocenters. The van der Waals surface area contributed by atoms with E-state index < -0.39 is 0 Å². The molecule has 0 amide bonds. The summed E-state index contributed by atoms with van der Waals surface area (Å²) < 4.78 is 0. The maximum atomic E-state index is 3.16. The molecule has 0 saturated carbocycles. The van der Waals surface area contributed by atoms with Crippen LogP contribution in [0.2, 0.25) is 4.82 Å². The number of rotatable bonds is 9. The molecule has 1 radical (unpaired) electrons. The second-order valence-electron chi connectivity index (χ2n) is 4.07. The summed E-state index contributed by atoms with van der Waals surface area (Å²) in [6.07, 6.45) is 12.9. The average Bonchev–Trinajstić information content (AvgIpc) is 2.09. The fourth-order valence-corrected chi connectivity index (χ4v) is 1.92. The van der Waals surface area contributed by atoms with Gasteiger partial charge in [0.15, 0.2) is 0 Å². The predicted octanol–water partition coefficient (Wildman–Crippen LogP) is 4.49. The van der Waals surface area contributed by atoms with Gasteiger partial charge >= 0.3 is 92.5 Å². The first kappa shape index (κ1) is 13.5. The Morgan fingerprint density at radius 1 is 0.846 bits per heavy atom. The summed E-state index contributed by atoms with van der Waals surface area (Å²) in [5, 5.41) is 0. The summed E-state index contributed by atoms with van der Waals surface area (Å²) in [6.45, 7) is 4.54. The molecular weight excluding hydrogens is 223 g/mol. The van der Waals surface area contributed by atoms with Crippen molar-refractivity contribution < 1.29 is 0 Å². The van der Waals surface area contributed by atoms with Gasteiger partial charge in [0.2, 0.25) is 0 Å². The maximum absolute atomic E-state index is 3.16. The van der Waals surface area contributed by atoms with Crippen molar-refractivity contribution in [3.63, 3.8) is 0 Å². The molecule has 0 N–H and O–H groups in total. The third-order valence-corrected chi connectivity index (χ3v) is 2.96. The SMILES string of the molecule is CCCCCCCCCCC(C)[Se]. The van der Waals surface area contributed by atoms with Crippen LogP contribution >= 0.6 is 0 Å². The Balaban J connectivity index is 2.84. The Bertz CT molecular complexity index is 89.1. The van der Waals surface area contributed by atoms with E-state index in [1.54, 1.807) is 0 Å². The van der Waals surface area contributed by atoms with Gasteiger partial charge in [-0.3, -0.25) is 0 Å². The van der Waals surface area contributed by atoms with Crippen LogP contribution in [-0.2, 0) is 0 Å². The second-order valence-corrected chi connectivity index (χ2v) is 5.76. The summed E-state index contributed by atoms with van der Waals surface area (Å²) in [6, 6.07) is 0. The zero-order valence-electron chi connectivity index (χ0n) is 9.35. The van der Waals surface area contributed by atoms with E-state index in [1.807, 2.05) is 0 Å². The van der Waals surface area contributed by atoms with Crippen molar-refractivity contribution in [1.82, 2.24) is 0 Å². The van der Waals surface area contributed by atoms with Crippen molar-refractivity contribution >= 4 is 16.0 Å². The molecule has 0 saturated heterocycles. The molecule has 0 aromatic rings. The van der Waals surface area contributed by atoms with Crippen LogP contribution in [0, 0.1) is 0 Å². The number of hydrogen-bond acceptors (Lipinski definition) is 0. The molecule has 1 heteroatoms. The monoisotopic (exact) mass is 249 g/mol. The molecule has 0 nitrogen and oxygen atoms in total. The molecule has 13 heavy (non-hydrogen) atoms. The van der Waals surface area contributed by atoms with Gasteiger partial charge in [0.1, 0.15) is 0 Å². The zero-order chi connectivity index (χ0) is 9.94. The topological polar surface area (TPSA) is 0 Å². The van der Waals surface area contributed by atoms with Crippen LogP contribution in [0.3, 0.4) is 0 Å². The predicted molar refractivity (Wildman–Crippen MR) is 62.4 cm³/mol. The quantitative estimate of drug-likeness (QED) is 0.416. The molecule has 0 bridgehead atoms. The Morgan fingerprint density at radius 3 is 1.77 bits per heavy atom. The molecule has 79 valence electrons. The van der Waals surface area contributed by atoms with Crippen LogP contribution < -0.4 is 0 Å². The van der Waals surface area contributed by atoms with E-state index in [0.717, 1.165) is 4.82 Å². The number of unbranched alkanes of at least 4 members (excludes halogenated alkanes) is 7. The van der Waals surface area contributed by atoms with E-state index in [9.17, 15) is 0 Å². The van der Waals surface area contributed by atoms with Crippen molar-refractivity contribution in [3.8, 4) is 0 Å². The summed E-state index contributed by atoms with van der Waals surface area (Å²) in [5.74, 6) is 0. The summed E-state index contributed by atoms with van der Waals surface area (Å²) in [7, 11) is 0. The Kier molecular flexibility index (Phi) is 11.0. The normalized spacial score (nSPS) is 13.2. The second kappa shape index (κ2) is 10.6. The van der Waals surface area contributed by atoms with Gasteiger partial charge in [-0.1, -0.05) is 0 Å². The van der Waals surface area contributed by atoms with Crippen LogP contribution in [0.4, 0.5) is 0 Å². The molecule has 0 aromatic carbocycles. The first-order chi connectivity index (χ1) is 6.27. The molecule has 1 unspecified atom stereocenters. The third-order valence-electron chi connectivity index (χ3n) is 2.46. The molecule has 0 heterocycles. The summed E-state index contributed by atoms with van der Waals surface area (Å²) >= 11 is 3.16. The standard InChI is InChI=1S/C12H25Se/c1-3-4-5-6-7-8-9-10-11-12(2)13/h12H,3-11H2,1-2H3. The van der Waals surface area contributed by atoms with Gasteiger partial charge in [-0.05, 0) is 0 Å². The molecule has 0 fully saturated rings. The van der Waals surface area contributed by atoms with E-state index >= 15 is 0 Å². The van der Waals surface area contributed by atoms with Gasteiger partial charge in [-0.15, -0.1) is 0 Å². The van der Waals surface area contributed by atoms with Crippen LogP contribution in [0.5, 0.6) is 0 Å². The van der Waals surface area contributed by atoms with Gasteiger partial charge in [0.05, 0.1) is 0 Å². The molecule has 0 aliphatic rings. The van der Waals surface area contributed by atoms with Gasteiger partial charge in [-0.2, -0.15) is 0 Å². The van der Waals surface area contributed by atoms with Crippen molar-refractivity contribution in [2.24, 2.45) is 0 Å². The van der Waals surface area contributed by atoms with E-state index in [-0.39, 0.29) is 0 Å². The van der Waals surface area contributed by atoms with Crippen LogP contribution in [0.25, 0.3) is 0 Å². The van der Waals surface area contributed by atoms with Crippen LogP contribution in [0.1, 0.15) is 71.6 Å². The van der Waals surface area contributed by atoms with Crippen molar-refractivity contribution in [2.45, 2.75) is 76.5 Å². The Morgan fingerprint density at radius 2 is 1.31 bits per heavy atom. The van der Waals surface area contributed by atoms with Crippen LogP contribution in [0.15, 0.2) is 0 Å². The molecular formula is C12H25Se. The molecule has 0 aliphatic carbocycles. The molecule has 0 aromatic heterocycles. The average molecular weight is 248 g/mol. The van der Waals surface area contributed by atoms with Gasteiger partial charge in [0.25, 0.3) is 0 Å². The van der Waals surface area contributed by atoms with Crippen molar-refractivity contribution in [2.75, 3.05) is 0 Å². The van der Waals surface area contributed by atoms with E-state index in [2.05, 4.69) is 29.9 Å². The molecule has 0 aliphatic heterocycles. The Labute approximate surface area is 92.7 Å². The fourth-order valence-electron chi connectivity index (χ4n) is 1.57. The van der Waals surface area contributed by atoms with Gasteiger partial charge in [0, 0.05) is 0 Å². The Hall–Kier alpha value is 0.519. The van der Waals surface area contributed by atoms with Crippen molar-refractivity contribution in [3.05, 3.63) is 0 Å².